The first-order valence-electron chi connectivity index (χ1n) is 10.6. The van der Waals surface area contributed by atoms with Gasteiger partial charge in [-0.3, -0.25) is 9.98 Å². The summed E-state index contributed by atoms with van der Waals surface area (Å²) in [5.74, 6) is 2.12. The van der Waals surface area contributed by atoms with Gasteiger partial charge < -0.3 is 9.47 Å². The molecule has 30 heavy (non-hydrogen) atoms. The van der Waals surface area contributed by atoms with Crippen LogP contribution in [-0.4, -0.2) is 36.4 Å². The van der Waals surface area contributed by atoms with Gasteiger partial charge in [0, 0.05) is 35.6 Å². The summed E-state index contributed by atoms with van der Waals surface area (Å²) in [6.45, 7) is 8.79. The van der Waals surface area contributed by atoms with Gasteiger partial charge in [0.05, 0.1) is 11.7 Å². The summed E-state index contributed by atoms with van der Waals surface area (Å²) < 4.78 is 2.29. The molecule has 0 spiro atoms. The Balaban J connectivity index is 1.66. The van der Waals surface area contributed by atoms with Gasteiger partial charge in [-0.25, -0.2) is 4.98 Å². The van der Waals surface area contributed by atoms with Crippen molar-refractivity contribution in [2.45, 2.75) is 52.2 Å². The Morgan fingerprint density at radius 2 is 1.90 bits per heavy atom. The second-order valence-corrected chi connectivity index (χ2v) is 9.13. The van der Waals surface area contributed by atoms with E-state index in [0.717, 1.165) is 23.7 Å². The van der Waals surface area contributed by atoms with Crippen LogP contribution < -0.4 is 0 Å². The number of aryl methyl sites for hydroxylation is 2. The van der Waals surface area contributed by atoms with Crippen molar-refractivity contribution in [3.8, 4) is 5.82 Å². The molecule has 0 N–H and O–H groups in total. The number of hydrogen-bond acceptors (Lipinski definition) is 5. The van der Waals surface area contributed by atoms with E-state index in [4.69, 9.17) is 4.99 Å². The lowest BCUT2D eigenvalue weighted by Crippen LogP contribution is -2.35. The summed E-state index contributed by atoms with van der Waals surface area (Å²) in [4.78, 5) is 17.1. The second-order valence-electron chi connectivity index (χ2n) is 8.14. The number of aromatic nitrogens is 3. The fraction of sp³-hybridized carbons (Fsp3) is 0.375. The molecule has 3 aromatic heterocycles. The van der Waals surface area contributed by atoms with Crippen LogP contribution in [0.1, 0.15) is 53.6 Å². The van der Waals surface area contributed by atoms with E-state index >= 15 is 0 Å². The number of pyridine rings is 2. The van der Waals surface area contributed by atoms with Crippen molar-refractivity contribution in [3.63, 3.8) is 0 Å². The van der Waals surface area contributed by atoms with Crippen molar-refractivity contribution in [2.24, 2.45) is 4.99 Å². The Morgan fingerprint density at radius 3 is 2.63 bits per heavy atom. The summed E-state index contributed by atoms with van der Waals surface area (Å²) in [5.41, 5.74) is 5.99. The fourth-order valence-electron chi connectivity index (χ4n) is 4.81. The number of thioether (sulfide) groups is 1. The topological polar surface area (TPSA) is 46.3 Å². The SMILES string of the molecule is CCC1CSC2=NC(c3ccccn3)C(c3cc(C)n(-c4ncccc4C)c3C)N21. The van der Waals surface area contributed by atoms with Crippen LogP contribution in [0.15, 0.2) is 53.8 Å². The molecule has 1 saturated heterocycles. The summed E-state index contributed by atoms with van der Waals surface area (Å²) in [7, 11) is 0. The average molecular weight is 418 g/mol. The van der Waals surface area contributed by atoms with Crippen molar-refractivity contribution < 1.29 is 0 Å². The molecule has 2 aliphatic rings. The van der Waals surface area contributed by atoms with Crippen molar-refractivity contribution in [2.75, 3.05) is 5.75 Å². The number of nitrogens with zero attached hydrogens (tertiary/aromatic N) is 5. The molecule has 5 rings (SSSR count). The number of amidine groups is 1. The first kappa shape index (κ1) is 19.4. The quantitative estimate of drug-likeness (QED) is 0.587. The molecule has 0 radical (unpaired) electrons. The van der Waals surface area contributed by atoms with Crippen molar-refractivity contribution in [1.29, 1.82) is 0 Å². The highest BCUT2D eigenvalue weighted by atomic mass is 32.2. The molecule has 3 unspecified atom stereocenters. The van der Waals surface area contributed by atoms with E-state index in [1.54, 1.807) is 0 Å². The Labute approximate surface area is 182 Å². The molecule has 0 aliphatic carbocycles. The van der Waals surface area contributed by atoms with Crippen LogP contribution in [0.3, 0.4) is 0 Å². The Kier molecular flexibility index (Phi) is 4.89. The minimum Gasteiger partial charge on any atom is -0.338 e. The molecule has 0 saturated carbocycles. The zero-order valence-electron chi connectivity index (χ0n) is 17.9. The molecule has 0 amide bonds. The van der Waals surface area contributed by atoms with Gasteiger partial charge in [0.15, 0.2) is 5.17 Å². The van der Waals surface area contributed by atoms with Gasteiger partial charge in [0.1, 0.15) is 11.9 Å². The zero-order valence-corrected chi connectivity index (χ0v) is 18.7. The molecule has 3 atom stereocenters. The lowest BCUT2D eigenvalue weighted by atomic mass is 9.95. The third-order valence-corrected chi connectivity index (χ3v) is 7.44. The molecule has 0 aromatic carbocycles. The maximum absolute atomic E-state index is 5.16. The van der Waals surface area contributed by atoms with E-state index in [1.807, 2.05) is 36.3 Å². The normalized spacial score (nSPS) is 23.0. The third kappa shape index (κ3) is 2.97. The molecule has 5 nitrogen and oxygen atoms in total. The molecule has 154 valence electrons. The minimum absolute atomic E-state index is 0.0156. The van der Waals surface area contributed by atoms with E-state index in [9.17, 15) is 0 Å². The Morgan fingerprint density at radius 1 is 1.07 bits per heavy atom. The van der Waals surface area contributed by atoms with Crippen LogP contribution in [0.4, 0.5) is 0 Å². The highest BCUT2D eigenvalue weighted by Crippen LogP contribution is 2.49. The van der Waals surface area contributed by atoms with E-state index in [2.05, 4.69) is 71.4 Å². The molecular formula is C24H27N5S. The monoisotopic (exact) mass is 417 g/mol. The second kappa shape index (κ2) is 7.58. The third-order valence-electron chi connectivity index (χ3n) is 6.31. The number of hydrogen-bond donors (Lipinski definition) is 0. The number of rotatable bonds is 4. The maximum Gasteiger partial charge on any atom is 0.160 e. The van der Waals surface area contributed by atoms with E-state index in [1.165, 1.54) is 27.7 Å². The minimum atomic E-state index is 0.0156. The summed E-state index contributed by atoms with van der Waals surface area (Å²) >= 11 is 1.89. The van der Waals surface area contributed by atoms with Gasteiger partial charge in [-0.05, 0) is 62.6 Å². The van der Waals surface area contributed by atoms with Crippen LogP contribution >= 0.6 is 11.8 Å². The van der Waals surface area contributed by atoms with Gasteiger partial charge in [0.25, 0.3) is 0 Å². The van der Waals surface area contributed by atoms with Gasteiger partial charge in [0.2, 0.25) is 0 Å². The van der Waals surface area contributed by atoms with E-state index in [-0.39, 0.29) is 12.1 Å². The highest BCUT2D eigenvalue weighted by molar-refractivity contribution is 8.14. The van der Waals surface area contributed by atoms with Crippen molar-refractivity contribution >= 4 is 16.9 Å². The van der Waals surface area contributed by atoms with E-state index < -0.39 is 0 Å². The smallest absolute Gasteiger partial charge is 0.160 e. The number of aliphatic imine (C=N–C) groups is 1. The Hall–Kier alpha value is -2.60. The summed E-state index contributed by atoms with van der Waals surface area (Å²) in [6, 6.07) is 13.3. The molecular weight excluding hydrogens is 390 g/mol. The van der Waals surface area contributed by atoms with Crippen LogP contribution in [0.25, 0.3) is 5.82 Å². The highest BCUT2D eigenvalue weighted by Gasteiger charge is 2.46. The van der Waals surface area contributed by atoms with E-state index in [0.29, 0.717) is 6.04 Å². The lowest BCUT2D eigenvalue weighted by Gasteiger charge is -2.32. The first-order chi connectivity index (χ1) is 14.6. The Bertz CT molecular complexity index is 1100. The van der Waals surface area contributed by atoms with Crippen LogP contribution in [0.5, 0.6) is 0 Å². The molecule has 3 aromatic rings. The van der Waals surface area contributed by atoms with Crippen LogP contribution in [0, 0.1) is 20.8 Å². The van der Waals surface area contributed by atoms with Gasteiger partial charge in [-0.1, -0.05) is 30.8 Å². The van der Waals surface area contributed by atoms with Crippen LogP contribution in [-0.2, 0) is 0 Å². The van der Waals surface area contributed by atoms with Crippen molar-refractivity contribution in [1.82, 2.24) is 19.4 Å². The number of fused-ring (bicyclic) bond motifs is 1. The van der Waals surface area contributed by atoms with Crippen LogP contribution in [0.2, 0.25) is 0 Å². The molecule has 0 bridgehead atoms. The molecule has 6 heteroatoms. The average Bonchev–Trinajstić information content (AvgIpc) is 3.41. The lowest BCUT2D eigenvalue weighted by molar-refractivity contribution is 0.254. The predicted octanol–water partition coefficient (Wildman–Crippen LogP) is 5.17. The first-order valence-corrected chi connectivity index (χ1v) is 11.6. The predicted molar refractivity (Wildman–Crippen MR) is 123 cm³/mol. The standard InChI is InChI=1S/C24H27N5S/c1-5-18-14-30-24-27-21(20-10-6-7-11-25-20)22(29(18)24)19-13-16(3)28(17(19)4)23-15(2)9-8-12-26-23/h6-13,18,21-22H,5,14H2,1-4H3. The van der Waals surface area contributed by atoms with Gasteiger partial charge >= 0.3 is 0 Å². The summed E-state index contributed by atoms with van der Waals surface area (Å²) in [5, 5.41) is 1.17. The zero-order chi connectivity index (χ0) is 20.8. The molecule has 2 aliphatic heterocycles. The fourth-order valence-corrected chi connectivity index (χ4v) is 6.15. The molecule has 5 heterocycles. The molecule has 1 fully saturated rings. The van der Waals surface area contributed by atoms with Crippen molar-refractivity contribution in [3.05, 3.63) is 77.0 Å². The largest absolute Gasteiger partial charge is 0.338 e. The maximum atomic E-state index is 5.16. The van der Waals surface area contributed by atoms with Gasteiger partial charge in [-0.15, -0.1) is 0 Å². The summed E-state index contributed by atoms with van der Waals surface area (Å²) in [6.07, 6.45) is 4.87. The van der Waals surface area contributed by atoms with Gasteiger partial charge in [-0.2, -0.15) is 0 Å².